The minimum atomic E-state index is -1.22. The van der Waals surface area contributed by atoms with Crippen molar-refractivity contribution in [3.63, 3.8) is 0 Å². The number of hydrogen-bond donors (Lipinski definition) is 2. The summed E-state index contributed by atoms with van der Waals surface area (Å²) >= 11 is 0. The van der Waals surface area contributed by atoms with Crippen LogP contribution in [0.5, 0.6) is 0 Å². The Kier molecular flexibility index (Phi) is 5.72. The van der Waals surface area contributed by atoms with Gasteiger partial charge in [-0.2, -0.15) is 0 Å². The number of amides is 1. The number of benzene rings is 1. The van der Waals surface area contributed by atoms with E-state index in [-0.39, 0.29) is 0 Å². The zero-order valence-electron chi connectivity index (χ0n) is 15.2. The molecule has 1 saturated heterocycles. The highest BCUT2D eigenvalue weighted by atomic mass is 16.6. The van der Waals surface area contributed by atoms with Crippen LogP contribution in [0.15, 0.2) is 30.3 Å². The largest absolute Gasteiger partial charge is 0.479 e. The van der Waals surface area contributed by atoms with Gasteiger partial charge in [-0.15, -0.1) is 0 Å². The minimum Gasteiger partial charge on any atom is -0.479 e. The molecule has 0 spiro atoms. The molecule has 3 unspecified atom stereocenters. The summed E-state index contributed by atoms with van der Waals surface area (Å²) in [7, 11) is 0. The number of carboxylic acid groups (broad SMARTS) is 1. The predicted molar refractivity (Wildman–Crippen MR) is 93.5 cm³/mol. The number of ether oxygens (including phenoxy) is 2. The second-order valence-corrected chi connectivity index (χ2v) is 7.43. The summed E-state index contributed by atoms with van der Waals surface area (Å²) in [4.78, 5) is 23.9. The van der Waals surface area contributed by atoms with Crippen molar-refractivity contribution in [3.8, 4) is 0 Å². The Morgan fingerprint density at radius 1 is 1.32 bits per heavy atom. The van der Waals surface area contributed by atoms with Crippen LogP contribution in [0.1, 0.15) is 46.1 Å². The summed E-state index contributed by atoms with van der Waals surface area (Å²) in [6.45, 7) is 7.26. The summed E-state index contributed by atoms with van der Waals surface area (Å²) in [5.74, 6) is -0.983. The average molecular weight is 349 g/mol. The molecule has 2 rings (SSSR count). The maximum atomic E-state index is 12.2. The van der Waals surface area contributed by atoms with Crippen LogP contribution in [0.25, 0.3) is 0 Å². The lowest BCUT2D eigenvalue weighted by Crippen LogP contribution is -2.46. The van der Waals surface area contributed by atoms with E-state index in [4.69, 9.17) is 9.47 Å². The van der Waals surface area contributed by atoms with Gasteiger partial charge in [0.1, 0.15) is 11.7 Å². The quantitative estimate of drug-likeness (QED) is 0.738. The Morgan fingerprint density at radius 2 is 1.96 bits per heavy atom. The molecule has 1 aliphatic rings. The minimum absolute atomic E-state index is 0.411. The van der Waals surface area contributed by atoms with E-state index in [1.165, 1.54) is 0 Å². The van der Waals surface area contributed by atoms with Gasteiger partial charge in [0.15, 0.2) is 5.60 Å². The fourth-order valence-electron chi connectivity index (χ4n) is 3.01. The van der Waals surface area contributed by atoms with Gasteiger partial charge in [0.25, 0.3) is 0 Å². The first-order chi connectivity index (χ1) is 11.7. The molecule has 1 aromatic rings. The monoisotopic (exact) mass is 349 g/mol. The molecular formula is C19H27NO5. The normalized spacial score (nSPS) is 23.6. The van der Waals surface area contributed by atoms with Crippen LogP contribution >= 0.6 is 0 Å². The van der Waals surface area contributed by atoms with Crippen molar-refractivity contribution < 1.29 is 24.2 Å². The second kappa shape index (κ2) is 7.44. The van der Waals surface area contributed by atoms with Crippen LogP contribution in [0.3, 0.4) is 0 Å². The number of aliphatic carboxylic acids is 1. The van der Waals surface area contributed by atoms with E-state index < -0.39 is 35.4 Å². The number of alkyl carbamates (subject to hydrolysis) is 1. The molecule has 138 valence electrons. The smallest absolute Gasteiger partial charge is 0.407 e. The van der Waals surface area contributed by atoms with E-state index in [9.17, 15) is 14.7 Å². The molecule has 0 bridgehead atoms. The van der Waals surface area contributed by atoms with Crippen molar-refractivity contribution in [1.82, 2.24) is 5.32 Å². The van der Waals surface area contributed by atoms with E-state index in [2.05, 4.69) is 5.32 Å². The van der Waals surface area contributed by atoms with Gasteiger partial charge in [0.2, 0.25) is 0 Å². The summed E-state index contributed by atoms with van der Waals surface area (Å²) in [6.07, 6.45) is 0.433. The van der Waals surface area contributed by atoms with Crippen molar-refractivity contribution in [2.45, 2.75) is 70.3 Å². The van der Waals surface area contributed by atoms with E-state index in [1.807, 2.05) is 37.3 Å². The van der Waals surface area contributed by atoms with Crippen LogP contribution in [0.2, 0.25) is 0 Å². The Morgan fingerprint density at radius 3 is 2.48 bits per heavy atom. The number of rotatable bonds is 7. The highest BCUT2D eigenvalue weighted by Gasteiger charge is 2.65. The summed E-state index contributed by atoms with van der Waals surface area (Å²) in [5, 5.41) is 12.4. The molecule has 0 aliphatic carbocycles. The van der Waals surface area contributed by atoms with Crippen LogP contribution < -0.4 is 5.32 Å². The number of carbonyl (C=O) groups is 2. The Bertz CT molecular complexity index is 610. The van der Waals surface area contributed by atoms with Gasteiger partial charge >= 0.3 is 12.1 Å². The predicted octanol–water partition coefficient (Wildman–Crippen LogP) is 3.14. The molecule has 6 nitrogen and oxygen atoms in total. The topological polar surface area (TPSA) is 88.2 Å². The number of epoxide rings is 1. The molecule has 1 fully saturated rings. The van der Waals surface area contributed by atoms with E-state index in [0.717, 1.165) is 5.56 Å². The van der Waals surface area contributed by atoms with Crippen LogP contribution in [-0.2, 0) is 20.7 Å². The zero-order valence-corrected chi connectivity index (χ0v) is 15.2. The first-order valence-electron chi connectivity index (χ1n) is 8.62. The lowest BCUT2D eigenvalue weighted by Gasteiger charge is -2.23. The molecule has 25 heavy (non-hydrogen) atoms. The van der Waals surface area contributed by atoms with Crippen LogP contribution in [0, 0.1) is 0 Å². The highest BCUT2D eigenvalue weighted by Crippen LogP contribution is 2.44. The summed E-state index contributed by atoms with van der Waals surface area (Å²) in [6, 6.07) is 9.13. The number of carbonyl (C=O) groups excluding carboxylic acids is 1. The zero-order chi connectivity index (χ0) is 18.7. The lowest BCUT2D eigenvalue weighted by molar-refractivity contribution is -0.143. The fourth-order valence-corrected chi connectivity index (χ4v) is 3.01. The molecule has 2 N–H and O–H groups in total. The molecule has 1 aliphatic heterocycles. The van der Waals surface area contributed by atoms with Crippen molar-refractivity contribution >= 4 is 12.1 Å². The highest BCUT2D eigenvalue weighted by molar-refractivity contribution is 5.82. The maximum absolute atomic E-state index is 12.2. The standard InChI is InChI=1S/C19H27NO5/c1-5-11-19(16(21)22)15(24-19)14(12-13-9-7-6-8-10-13)20-17(23)25-18(2,3)4/h6-10,14-15H,5,11-12H2,1-4H3,(H,20,23)(H,21,22). The lowest BCUT2D eigenvalue weighted by atomic mass is 9.92. The third-order valence-corrected chi connectivity index (χ3v) is 4.09. The van der Waals surface area contributed by atoms with Gasteiger partial charge in [-0.1, -0.05) is 43.7 Å². The van der Waals surface area contributed by atoms with E-state index in [1.54, 1.807) is 20.8 Å². The number of carboxylic acids is 1. The summed E-state index contributed by atoms with van der Waals surface area (Å²) < 4.78 is 10.9. The van der Waals surface area contributed by atoms with Gasteiger partial charge in [0, 0.05) is 0 Å². The average Bonchev–Trinajstić information content (AvgIpc) is 3.22. The van der Waals surface area contributed by atoms with Crippen molar-refractivity contribution in [2.75, 3.05) is 0 Å². The Balaban J connectivity index is 2.15. The second-order valence-electron chi connectivity index (χ2n) is 7.43. The summed E-state index contributed by atoms with van der Waals surface area (Å²) in [5.41, 5.74) is -0.850. The molecule has 3 atom stereocenters. The number of nitrogens with one attached hydrogen (secondary N) is 1. The molecule has 1 amide bonds. The molecule has 0 aromatic heterocycles. The van der Waals surface area contributed by atoms with Gasteiger partial charge in [-0.05, 0) is 39.2 Å². The van der Waals surface area contributed by atoms with Crippen LogP contribution in [0.4, 0.5) is 4.79 Å². The van der Waals surface area contributed by atoms with Gasteiger partial charge in [-0.25, -0.2) is 9.59 Å². The fraction of sp³-hybridized carbons (Fsp3) is 0.579. The van der Waals surface area contributed by atoms with Crippen molar-refractivity contribution in [1.29, 1.82) is 0 Å². The molecule has 1 aromatic carbocycles. The molecule has 0 radical (unpaired) electrons. The first kappa shape index (κ1) is 19.2. The third kappa shape index (κ3) is 4.95. The molecule has 1 heterocycles. The maximum Gasteiger partial charge on any atom is 0.407 e. The molecule has 0 saturated carbocycles. The Hall–Kier alpha value is -2.08. The molecular weight excluding hydrogens is 322 g/mol. The number of hydrogen-bond acceptors (Lipinski definition) is 4. The SMILES string of the molecule is CCCC1(C(=O)O)OC1C(Cc1ccccc1)NC(=O)OC(C)(C)C. The van der Waals surface area contributed by atoms with Crippen molar-refractivity contribution in [3.05, 3.63) is 35.9 Å². The Labute approximate surface area is 148 Å². The molecule has 6 heteroatoms. The van der Waals surface area contributed by atoms with Gasteiger partial charge in [-0.3, -0.25) is 0 Å². The first-order valence-corrected chi connectivity index (χ1v) is 8.62. The van der Waals surface area contributed by atoms with E-state index in [0.29, 0.717) is 19.3 Å². The van der Waals surface area contributed by atoms with Crippen LogP contribution in [-0.4, -0.2) is 40.5 Å². The van der Waals surface area contributed by atoms with Crippen molar-refractivity contribution in [2.24, 2.45) is 0 Å². The van der Waals surface area contributed by atoms with E-state index >= 15 is 0 Å². The third-order valence-electron chi connectivity index (χ3n) is 4.09. The van der Waals surface area contributed by atoms with Gasteiger partial charge < -0.3 is 19.9 Å². The van der Waals surface area contributed by atoms with Gasteiger partial charge in [0.05, 0.1) is 6.04 Å².